The van der Waals surface area contributed by atoms with E-state index in [1.807, 2.05) is 24.3 Å². The molecule has 4 nitrogen and oxygen atoms in total. The molecule has 23 heavy (non-hydrogen) atoms. The van der Waals surface area contributed by atoms with Gasteiger partial charge in [0.25, 0.3) is 0 Å². The quantitative estimate of drug-likeness (QED) is 0.870. The van der Waals surface area contributed by atoms with Crippen molar-refractivity contribution in [3.8, 4) is 11.5 Å². The van der Waals surface area contributed by atoms with Crippen molar-refractivity contribution in [1.82, 2.24) is 5.32 Å². The van der Waals surface area contributed by atoms with Gasteiger partial charge in [-0.1, -0.05) is 44.2 Å². The Kier molecular flexibility index (Phi) is 5.78. The van der Waals surface area contributed by atoms with Crippen LogP contribution in [0.25, 0.3) is 0 Å². The first-order chi connectivity index (χ1) is 11.3. The zero-order chi connectivity index (χ0) is 15.9. The van der Waals surface area contributed by atoms with Crippen molar-refractivity contribution >= 4 is 5.91 Å². The molecule has 0 radical (unpaired) electrons. The molecule has 1 unspecified atom stereocenters. The molecule has 1 saturated carbocycles. The van der Waals surface area contributed by atoms with Gasteiger partial charge in [0.1, 0.15) is 12.7 Å². The highest BCUT2D eigenvalue weighted by Crippen LogP contribution is 2.30. The van der Waals surface area contributed by atoms with Crippen molar-refractivity contribution in [2.45, 2.75) is 57.5 Å². The number of para-hydroxylation sites is 2. The van der Waals surface area contributed by atoms with Crippen LogP contribution in [0.15, 0.2) is 24.3 Å². The van der Waals surface area contributed by atoms with E-state index in [1.54, 1.807) is 0 Å². The predicted molar refractivity (Wildman–Crippen MR) is 89.8 cm³/mol. The molecule has 1 amide bonds. The van der Waals surface area contributed by atoms with Crippen molar-refractivity contribution in [3.05, 3.63) is 24.3 Å². The Labute approximate surface area is 138 Å². The molecule has 0 aromatic heterocycles. The normalized spacial score (nSPS) is 21.0. The summed E-state index contributed by atoms with van der Waals surface area (Å²) in [4.78, 5) is 12.0. The molecular weight excluding hydrogens is 290 g/mol. The van der Waals surface area contributed by atoms with E-state index in [2.05, 4.69) is 5.32 Å². The molecule has 0 saturated heterocycles. The lowest BCUT2D eigenvalue weighted by atomic mass is 9.86. The Morgan fingerprint density at radius 3 is 2.74 bits per heavy atom. The highest BCUT2D eigenvalue weighted by Gasteiger charge is 2.21. The molecule has 1 N–H and O–H groups in total. The van der Waals surface area contributed by atoms with Crippen LogP contribution in [0.1, 0.15) is 51.4 Å². The number of amides is 1. The maximum absolute atomic E-state index is 12.0. The minimum absolute atomic E-state index is 0.104. The second-order valence-corrected chi connectivity index (χ2v) is 6.70. The molecule has 4 heteroatoms. The average molecular weight is 317 g/mol. The van der Waals surface area contributed by atoms with Gasteiger partial charge in [-0.15, -0.1) is 0 Å². The maximum atomic E-state index is 12.0. The van der Waals surface area contributed by atoms with Gasteiger partial charge in [-0.3, -0.25) is 4.79 Å². The van der Waals surface area contributed by atoms with E-state index in [4.69, 9.17) is 9.47 Å². The highest BCUT2D eigenvalue weighted by atomic mass is 16.6. The van der Waals surface area contributed by atoms with Crippen LogP contribution in [0.2, 0.25) is 0 Å². The molecule has 1 aromatic carbocycles. The van der Waals surface area contributed by atoms with E-state index < -0.39 is 0 Å². The number of ether oxygens (including phenoxy) is 2. The van der Waals surface area contributed by atoms with Crippen molar-refractivity contribution in [1.29, 1.82) is 0 Å². The first kappa shape index (κ1) is 16.2. The first-order valence-corrected chi connectivity index (χ1v) is 8.96. The SMILES string of the molecule is O=C(CCCC1CCCCC1)NCC1COc2ccccc2O1. The molecule has 1 heterocycles. The molecule has 1 aromatic rings. The summed E-state index contributed by atoms with van der Waals surface area (Å²) in [7, 11) is 0. The van der Waals surface area contributed by atoms with Gasteiger partial charge < -0.3 is 14.8 Å². The van der Waals surface area contributed by atoms with Gasteiger partial charge in [0.2, 0.25) is 5.91 Å². The summed E-state index contributed by atoms with van der Waals surface area (Å²) in [6, 6.07) is 7.65. The third-order valence-electron chi connectivity index (χ3n) is 4.84. The third kappa shape index (κ3) is 4.88. The number of benzene rings is 1. The molecule has 1 aliphatic carbocycles. The topological polar surface area (TPSA) is 47.6 Å². The fraction of sp³-hybridized carbons (Fsp3) is 0.632. The third-order valence-corrected chi connectivity index (χ3v) is 4.84. The van der Waals surface area contributed by atoms with Crippen molar-refractivity contribution in [2.24, 2.45) is 5.92 Å². The zero-order valence-electron chi connectivity index (χ0n) is 13.8. The molecule has 1 fully saturated rings. The van der Waals surface area contributed by atoms with Crippen LogP contribution in [0.4, 0.5) is 0 Å². The molecule has 1 atom stereocenters. The van der Waals surface area contributed by atoms with E-state index in [-0.39, 0.29) is 12.0 Å². The molecule has 2 aliphatic rings. The second-order valence-electron chi connectivity index (χ2n) is 6.70. The average Bonchev–Trinajstić information content (AvgIpc) is 2.61. The Morgan fingerprint density at radius 2 is 1.91 bits per heavy atom. The van der Waals surface area contributed by atoms with E-state index >= 15 is 0 Å². The first-order valence-electron chi connectivity index (χ1n) is 8.96. The summed E-state index contributed by atoms with van der Waals surface area (Å²) >= 11 is 0. The van der Waals surface area contributed by atoms with Crippen molar-refractivity contribution < 1.29 is 14.3 Å². The van der Waals surface area contributed by atoms with E-state index in [0.717, 1.165) is 23.8 Å². The number of carbonyl (C=O) groups is 1. The van der Waals surface area contributed by atoms with Crippen LogP contribution < -0.4 is 14.8 Å². The van der Waals surface area contributed by atoms with Gasteiger partial charge in [-0.2, -0.15) is 0 Å². The molecule has 3 rings (SSSR count). The Hall–Kier alpha value is -1.71. The highest BCUT2D eigenvalue weighted by molar-refractivity contribution is 5.75. The number of hydrogen-bond donors (Lipinski definition) is 1. The Morgan fingerprint density at radius 1 is 1.13 bits per heavy atom. The smallest absolute Gasteiger partial charge is 0.220 e. The van der Waals surface area contributed by atoms with Crippen LogP contribution in [0.5, 0.6) is 11.5 Å². The van der Waals surface area contributed by atoms with Gasteiger partial charge in [0.15, 0.2) is 11.5 Å². The van der Waals surface area contributed by atoms with Gasteiger partial charge in [-0.25, -0.2) is 0 Å². The van der Waals surface area contributed by atoms with E-state index in [0.29, 0.717) is 19.6 Å². The number of fused-ring (bicyclic) bond motifs is 1. The number of hydrogen-bond acceptors (Lipinski definition) is 3. The predicted octanol–water partition coefficient (Wildman–Crippen LogP) is 3.69. The molecule has 1 aliphatic heterocycles. The molecule has 0 bridgehead atoms. The lowest BCUT2D eigenvalue weighted by Gasteiger charge is -2.26. The summed E-state index contributed by atoms with van der Waals surface area (Å²) < 4.78 is 11.5. The largest absolute Gasteiger partial charge is 0.486 e. The van der Waals surface area contributed by atoms with Gasteiger partial charge in [-0.05, 0) is 30.9 Å². The maximum Gasteiger partial charge on any atom is 0.220 e. The number of nitrogens with one attached hydrogen (secondary N) is 1. The number of carbonyl (C=O) groups excluding carboxylic acids is 1. The van der Waals surface area contributed by atoms with Crippen molar-refractivity contribution in [3.63, 3.8) is 0 Å². The van der Waals surface area contributed by atoms with Gasteiger partial charge in [0, 0.05) is 6.42 Å². The minimum Gasteiger partial charge on any atom is -0.486 e. The standard InChI is InChI=1S/C19H27NO3/c21-19(12-6-9-15-7-2-1-3-8-15)20-13-16-14-22-17-10-4-5-11-18(17)23-16/h4-5,10-11,15-16H,1-3,6-9,12-14H2,(H,20,21). The summed E-state index contributed by atoms with van der Waals surface area (Å²) in [5.74, 6) is 2.52. The minimum atomic E-state index is -0.104. The molecule has 126 valence electrons. The van der Waals surface area contributed by atoms with Gasteiger partial charge in [0.05, 0.1) is 6.54 Å². The van der Waals surface area contributed by atoms with Crippen LogP contribution >= 0.6 is 0 Å². The van der Waals surface area contributed by atoms with Crippen LogP contribution in [0, 0.1) is 5.92 Å². The number of rotatable bonds is 6. The summed E-state index contributed by atoms with van der Waals surface area (Å²) in [5, 5.41) is 2.98. The second kappa shape index (κ2) is 8.23. The fourth-order valence-electron chi connectivity index (χ4n) is 3.51. The summed E-state index contributed by atoms with van der Waals surface area (Å²) in [6.45, 7) is 0.996. The van der Waals surface area contributed by atoms with Crippen LogP contribution in [-0.2, 0) is 4.79 Å². The Balaban J connectivity index is 1.32. The van der Waals surface area contributed by atoms with Crippen LogP contribution in [0.3, 0.4) is 0 Å². The van der Waals surface area contributed by atoms with E-state index in [9.17, 15) is 4.79 Å². The van der Waals surface area contributed by atoms with Crippen LogP contribution in [-0.4, -0.2) is 25.2 Å². The molecular formula is C19H27NO3. The monoisotopic (exact) mass is 317 g/mol. The lowest BCUT2D eigenvalue weighted by Crippen LogP contribution is -2.40. The summed E-state index contributed by atoms with van der Waals surface area (Å²) in [6.07, 6.45) is 9.57. The lowest BCUT2D eigenvalue weighted by molar-refractivity contribution is -0.121. The van der Waals surface area contributed by atoms with Gasteiger partial charge >= 0.3 is 0 Å². The van der Waals surface area contributed by atoms with Crippen molar-refractivity contribution in [2.75, 3.05) is 13.2 Å². The zero-order valence-corrected chi connectivity index (χ0v) is 13.8. The summed E-state index contributed by atoms with van der Waals surface area (Å²) in [5.41, 5.74) is 0. The molecule has 0 spiro atoms. The fourth-order valence-corrected chi connectivity index (χ4v) is 3.51. The van der Waals surface area contributed by atoms with E-state index in [1.165, 1.54) is 38.5 Å². The Bertz CT molecular complexity index is 511.